The Hall–Kier alpha value is -2.48. The number of nitrogens with one attached hydrogen (secondary N) is 2. The molecule has 0 aliphatic carbocycles. The number of H-pyrrole nitrogens is 2. The lowest BCUT2D eigenvalue weighted by Gasteiger charge is -2.31. The zero-order valence-electron chi connectivity index (χ0n) is 13.7. The summed E-state index contributed by atoms with van der Waals surface area (Å²) in [5, 5.41) is 11.4. The summed E-state index contributed by atoms with van der Waals surface area (Å²) in [4.78, 5) is 41.5. The molecular formula is C16H20N4O4. The third-order valence-electron chi connectivity index (χ3n) is 4.74. The summed E-state index contributed by atoms with van der Waals surface area (Å²) in [7, 11) is 0. The second-order valence-corrected chi connectivity index (χ2v) is 6.44. The quantitative estimate of drug-likeness (QED) is 0.501. The molecule has 2 heterocycles. The van der Waals surface area contributed by atoms with E-state index in [0.29, 0.717) is 35.5 Å². The first-order valence-electron chi connectivity index (χ1n) is 8.08. The molecule has 0 amide bonds. The van der Waals surface area contributed by atoms with Crippen LogP contribution in [0.1, 0.15) is 31.4 Å². The number of nitrogens with zero attached hydrogens (tertiary/aromatic N) is 2. The molecule has 1 unspecified atom stereocenters. The van der Waals surface area contributed by atoms with E-state index in [9.17, 15) is 19.7 Å². The van der Waals surface area contributed by atoms with Gasteiger partial charge in [-0.1, -0.05) is 20.3 Å². The van der Waals surface area contributed by atoms with E-state index in [1.165, 1.54) is 6.07 Å². The number of nitro benzene ring substituents is 1. The fourth-order valence-electron chi connectivity index (χ4n) is 3.27. The molecular weight excluding hydrogens is 312 g/mol. The summed E-state index contributed by atoms with van der Waals surface area (Å²) in [5.41, 5.74) is 0.646. The van der Waals surface area contributed by atoms with Gasteiger partial charge in [0.05, 0.1) is 16.0 Å². The van der Waals surface area contributed by atoms with Crippen molar-refractivity contribution in [1.82, 2.24) is 14.9 Å². The van der Waals surface area contributed by atoms with Crippen molar-refractivity contribution in [2.45, 2.75) is 33.2 Å². The Kier molecular flexibility index (Phi) is 4.23. The molecule has 0 fully saturated rings. The van der Waals surface area contributed by atoms with Crippen molar-refractivity contribution < 1.29 is 4.92 Å². The smallest absolute Gasteiger partial charge is 0.314 e. The largest absolute Gasteiger partial charge is 0.316 e. The summed E-state index contributed by atoms with van der Waals surface area (Å²) >= 11 is 0. The molecule has 0 saturated carbocycles. The molecule has 1 aliphatic heterocycles. The van der Waals surface area contributed by atoms with E-state index in [4.69, 9.17) is 0 Å². The zero-order chi connectivity index (χ0) is 17.4. The van der Waals surface area contributed by atoms with Crippen LogP contribution in [-0.4, -0.2) is 32.9 Å². The van der Waals surface area contributed by atoms with Crippen LogP contribution in [0.5, 0.6) is 0 Å². The lowest BCUT2D eigenvalue weighted by atomic mass is 9.95. The van der Waals surface area contributed by atoms with Crippen molar-refractivity contribution in [3.05, 3.63) is 48.0 Å². The molecule has 0 saturated heterocycles. The molecule has 1 atom stereocenters. The molecule has 2 N–H and O–H groups in total. The predicted molar refractivity (Wildman–Crippen MR) is 90.3 cm³/mol. The number of fused-ring (bicyclic) bond motifs is 3. The Morgan fingerprint density at radius 3 is 2.67 bits per heavy atom. The summed E-state index contributed by atoms with van der Waals surface area (Å²) in [6, 6.07) is 1.34. The Balaban J connectivity index is 2.17. The van der Waals surface area contributed by atoms with Gasteiger partial charge >= 0.3 is 11.1 Å². The fourth-order valence-corrected chi connectivity index (χ4v) is 3.27. The fraction of sp³-hybridized carbons (Fsp3) is 0.500. The standard InChI is InChI=1S/C16H20N4O4/c1-3-9(2)7-19-5-4-10-11(8-19)14-12(6-13(10)20(23)24)17-15(21)16(22)18-14/h6,9H,3-5,7-8H2,1-2H3,(H,17,21)(H,18,22). The highest BCUT2D eigenvalue weighted by Gasteiger charge is 2.27. The molecule has 1 aromatic heterocycles. The van der Waals surface area contributed by atoms with E-state index in [2.05, 4.69) is 28.7 Å². The van der Waals surface area contributed by atoms with E-state index in [0.717, 1.165) is 25.1 Å². The molecule has 0 bridgehead atoms. The van der Waals surface area contributed by atoms with Crippen LogP contribution in [0, 0.1) is 16.0 Å². The summed E-state index contributed by atoms with van der Waals surface area (Å²) < 4.78 is 0. The highest BCUT2D eigenvalue weighted by Crippen LogP contribution is 2.32. The summed E-state index contributed by atoms with van der Waals surface area (Å²) in [6.07, 6.45) is 1.61. The van der Waals surface area contributed by atoms with Gasteiger partial charge in [0.25, 0.3) is 5.69 Å². The first kappa shape index (κ1) is 16.4. The Bertz CT molecular complexity index is 915. The second-order valence-electron chi connectivity index (χ2n) is 6.44. The third-order valence-corrected chi connectivity index (χ3v) is 4.74. The van der Waals surface area contributed by atoms with Gasteiger partial charge in [-0.25, -0.2) is 0 Å². The molecule has 128 valence electrons. The molecule has 8 heteroatoms. The predicted octanol–water partition coefficient (Wildman–Crippen LogP) is 1.53. The maximum Gasteiger partial charge on any atom is 0.314 e. The van der Waals surface area contributed by atoms with Gasteiger partial charge in [-0.2, -0.15) is 0 Å². The maximum absolute atomic E-state index is 11.7. The van der Waals surface area contributed by atoms with Crippen LogP contribution in [0.15, 0.2) is 15.7 Å². The Labute approximate surface area is 137 Å². The molecule has 1 aromatic carbocycles. The molecule has 1 aliphatic rings. The average molecular weight is 332 g/mol. The van der Waals surface area contributed by atoms with Gasteiger partial charge in [-0.05, 0) is 12.3 Å². The van der Waals surface area contributed by atoms with Crippen LogP contribution in [-0.2, 0) is 13.0 Å². The van der Waals surface area contributed by atoms with E-state index >= 15 is 0 Å². The SMILES string of the molecule is CCC(C)CN1CCc2c([N+](=O)[O-])cc3[nH]c(=O)c(=O)[nH]c3c2C1. The van der Waals surface area contributed by atoms with Crippen molar-refractivity contribution in [3.63, 3.8) is 0 Å². The second kappa shape index (κ2) is 6.20. The van der Waals surface area contributed by atoms with Crippen LogP contribution in [0.4, 0.5) is 5.69 Å². The number of hydrogen-bond acceptors (Lipinski definition) is 5. The molecule has 3 rings (SSSR count). The molecule has 8 nitrogen and oxygen atoms in total. The number of nitro groups is 1. The van der Waals surface area contributed by atoms with E-state index in [1.807, 2.05) is 0 Å². The average Bonchev–Trinajstić information content (AvgIpc) is 2.55. The highest BCUT2D eigenvalue weighted by molar-refractivity contribution is 5.83. The minimum absolute atomic E-state index is 0.00314. The highest BCUT2D eigenvalue weighted by atomic mass is 16.6. The van der Waals surface area contributed by atoms with Gasteiger partial charge in [0.15, 0.2) is 0 Å². The minimum Gasteiger partial charge on any atom is -0.316 e. The third kappa shape index (κ3) is 2.84. The van der Waals surface area contributed by atoms with Crippen molar-refractivity contribution in [1.29, 1.82) is 0 Å². The summed E-state index contributed by atoms with van der Waals surface area (Å²) in [6.45, 7) is 6.47. The lowest BCUT2D eigenvalue weighted by molar-refractivity contribution is -0.385. The van der Waals surface area contributed by atoms with Gasteiger partial charge in [-0.3, -0.25) is 24.6 Å². The molecule has 2 aromatic rings. The van der Waals surface area contributed by atoms with Crippen molar-refractivity contribution in [2.75, 3.05) is 13.1 Å². The first-order chi connectivity index (χ1) is 11.4. The van der Waals surface area contributed by atoms with Gasteiger partial charge in [0.1, 0.15) is 0 Å². The van der Waals surface area contributed by atoms with Gasteiger partial charge < -0.3 is 9.97 Å². The number of rotatable bonds is 4. The van der Waals surface area contributed by atoms with Crippen LogP contribution in [0.3, 0.4) is 0 Å². The monoisotopic (exact) mass is 332 g/mol. The van der Waals surface area contributed by atoms with E-state index < -0.39 is 16.0 Å². The normalized spacial score (nSPS) is 16.1. The Morgan fingerprint density at radius 1 is 1.29 bits per heavy atom. The van der Waals surface area contributed by atoms with Crippen LogP contribution >= 0.6 is 0 Å². The van der Waals surface area contributed by atoms with Gasteiger partial charge in [-0.15, -0.1) is 0 Å². The van der Waals surface area contributed by atoms with Crippen LogP contribution in [0.25, 0.3) is 11.0 Å². The number of aromatic amines is 2. The first-order valence-corrected chi connectivity index (χ1v) is 8.08. The van der Waals surface area contributed by atoms with Crippen molar-refractivity contribution in [2.24, 2.45) is 5.92 Å². The van der Waals surface area contributed by atoms with E-state index in [1.54, 1.807) is 0 Å². The lowest BCUT2D eigenvalue weighted by Crippen LogP contribution is -2.35. The van der Waals surface area contributed by atoms with Gasteiger partial charge in [0.2, 0.25) is 0 Å². The van der Waals surface area contributed by atoms with Crippen molar-refractivity contribution >= 4 is 16.7 Å². The van der Waals surface area contributed by atoms with E-state index in [-0.39, 0.29) is 5.69 Å². The number of benzene rings is 1. The van der Waals surface area contributed by atoms with Crippen LogP contribution in [0.2, 0.25) is 0 Å². The topological polar surface area (TPSA) is 112 Å². The van der Waals surface area contributed by atoms with Crippen molar-refractivity contribution in [3.8, 4) is 0 Å². The Morgan fingerprint density at radius 2 is 2.00 bits per heavy atom. The van der Waals surface area contributed by atoms with Gasteiger partial charge in [0, 0.05) is 36.8 Å². The molecule has 0 spiro atoms. The molecule has 24 heavy (non-hydrogen) atoms. The minimum atomic E-state index is -0.802. The number of hydrogen-bond donors (Lipinski definition) is 2. The zero-order valence-corrected chi connectivity index (χ0v) is 13.7. The maximum atomic E-state index is 11.7. The van der Waals surface area contributed by atoms with Crippen LogP contribution < -0.4 is 11.1 Å². The summed E-state index contributed by atoms with van der Waals surface area (Å²) in [5.74, 6) is 0.523. The molecule has 0 radical (unpaired) electrons. The number of aromatic nitrogens is 2.